The third-order valence-electron chi connectivity index (χ3n) is 2.91. The van der Waals surface area contributed by atoms with Crippen LogP contribution < -0.4 is 10.6 Å². The lowest BCUT2D eigenvalue weighted by Gasteiger charge is -2.11. The first-order valence-corrected chi connectivity index (χ1v) is 7.15. The van der Waals surface area contributed by atoms with Crippen LogP contribution in [-0.4, -0.2) is 24.7 Å². The Morgan fingerprint density at radius 1 is 1.30 bits per heavy atom. The lowest BCUT2D eigenvalue weighted by molar-refractivity contribution is -0.140. The summed E-state index contributed by atoms with van der Waals surface area (Å²) in [7, 11) is 1.39. The summed E-state index contributed by atoms with van der Waals surface area (Å²) in [6.45, 7) is 4.97. The first-order valence-electron chi connectivity index (χ1n) is 6.74. The van der Waals surface area contributed by atoms with Crippen molar-refractivity contribution in [1.29, 1.82) is 0 Å². The minimum atomic E-state index is -0.199. The number of thiocarbonyl (C=S) groups is 1. The maximum atomic E-state index is 10.9. The van der Waals surface area contributed by atoms with Crippen molar-refractivity contribution in [3.8, 4) is 0 Å². The number of esters is 1. The molecule has 1 rings (SSSR count). The summed E-state index contributed by atoms with van der Waals surface area (Å²) >= 11 is 5.19. The van der Waals surface area contributed by atoms with E-state index in [0.29, 0.717) is 30.4 Å². The fourth-order valence-electron chi connectivity index (χ4n) is 1.66. The highest BCUT2D eigenvalue weighted by Gasteiger charge is 2.02. The number of anilines is 1. The number of carbonyl (C=O) groups is 1. The van der Waals surface area contributed by atoms with Crippen LogP contribution in [0.1, 0.15) is 38.2 Å². The second-order valence-corrected chi connectivity index (χ2v) is 5.25. The van der Waals surface area contributed by atoms with Crippen LogP contribution in [0.2, 0.25) is 0 Å². The molecule has 1 aromatic rings. The maximum Gasteiger partial charge on any atom is 0.305 e. The Morgan fingerprint density at radius 3 is 2.50 bits per heavy atom. The van der Waals surface area contributed by atoms with E-state index in [1.807, 2.05) is 12.1 Å². The normalized spacial score (nSPS) is 10.2. The molecule has 0 aromatic heterocycles. The van der Waals surface area contributed by atoms with Gasteiger partial charge >= 0.3 is 5.97 Å². The van der Waals surface area contributed by atoms with Crippen LogP contribution >= 0.6 is 12.2 Å². The quantitative estimate of drug-likeness (QED) is 0.480. The van der Waals surface area contributed by atoms with Gasteiger partial charge in [0.2, 0.25) is 0 Å². The molecule has 0 aliphatic rings. The van der Waals surface area contributed by atoms with Crippen molar-refractivity contribution in [2.24, 2.45) is 0 Å². The van der Waals surface area contributed by atoms with E-state index in [-0.39, 0.29) is 5.97 Å². The highest BCUT2D eigenvalue weighted by molar-refractivity contribution is 7.80. The number of rotatable bonds is 6. The highest BCUT2D eigenvalue weighted by atomic mass is 32.1. The second kappa shape index (κ2) is 8.53. The molecule has 0 aliphatic carbocycles. The van der Waals surface area contributed by atoms with E-state index in [0.717, 1.165) is 5.69 Å². The molecule has 0 amide bonds. The molecule has 0 bridgehead atoms. The molecule has 0 radical (unpaired) electrons. The van der Waals surface area contributed by atoms with Gasteiger partial charge in [0, 0.05) is 18.7 Å². The van der Waals surface area contributed by atoms with Gasteiger partial charge in [-0.3, -0.25) is 4.79 Å². The molecule has 20 heavy (non-hydrogen) atoms. The summed E-state index contributed by atoms with van der Waals surface area (Å²) in [5.74, 6) is 0.322. The first-order chi connectivity index (χ1) is 9.52. The molecule has 5 heteroatoms. The van der Waals surface area contributed by atoms with Gasteiger partial charge in [-0.25, -0.2) is 0 Å². The Labute approximate surface area is 125 Å². The molecule has 0 unspecified atom stereocenters. The number of benzene rings is 1. The van der Waals surface area contributed by atoms with E-state index in [2.05, 4.69) is 41.4 Å². The fourth-order valence-corrected chi connectivity index (χ4v) is 1.88. The zero-order valence-electron chi connectivity index (χ0n) is 12.2. The highest BCUT2D eigenvalue weighted by Crippen LogP contribution is 2.16. The fraction of sp³-hybridized carbons (Fsp3) is 0.467. The largest absolute Gasteiger partial charge is 0.469 e. The van der Waals surface area contributed by atoms with Crippen LogP contribution in [0.25, 0.3) is 0 Å². The van der Waals surface area contributed by atoms with Gasteiger partial charge in [0.15, 0.2) is 5.11 Å². The third kappa shape index (κ3) is 6.02. The van der Waals surface area contributed by atoms with Crippen LogP contribution in [0.3, 0.4) is 0 Å². The van der Waals surface area contributed by atoms with Gasteiger partial charge in [0.05, 0.1) is 7.11 Å². The molecule has 4 nitrogen and oxygen atoms in total. The smallest absolute Gasteiger partial charge is 0.305 e. The Morgan fingerprint density at radius 2 is 1.95 bits per heavy atom. The van der Waals surface area contributed by atoms with E-state index in [1.165, 1.54) is 12.7 Å². The molecule has 0 heterocycles. The minimum Gasteiger partial charge on any atom is -0.469 e. The molecule has 2 N–H and O–H groups in total. The van der Waals surface area contributed by atoms with Crippen molar-refractivity contribution in [2.45, 2.75) is 32.6 Å². The number of hydrogen-bond acceptors (Lipinski definition) is 3. The number of nitrogens with one attached hydrogen (secondary N) is 2. The van der Waals surface area contributed by atoms with Gasteiger partial charge < -0.3 is 15.4 Å². The van der Waals surface area contributed by atoms with Crippen molar-refractivity contribution in [2.75, 3.05) is 19.0 Å². The standard InChI is InChI=1S/C15H22N2O2S/c1-11(2)12-6-8-13(9-7-12)17-15(20)16-10-4-5-14(18)19-3/h6-9,11H,4-5,10H2,1-3H3,(H2,16,17,20). The number of carbonyl (C=O) groups excluding carboxylic acids is 1. The first kappa shape index (κ1) is 16.4. The van der Waals surface area contributed by atoms with E-state index < -0.39 is 0 Å². The van der Waals surface area contributed by atoms with Crippen LogP contribution in [0.15, 0.2) is 24.3 Å². The zero-order valence-corrected chi connectivity index (χ0v) is 13.0. The minimum absolute atomic E-state index is 0.199. The second-order valence-electron chi connectivity index (χ2n) is 4.84. The zero-order chi connectivity index (χ0) is 15.0. The summed E-state index contributed by atoms with van der Waals surface area (Å²) in [5, 5.41) is 6.74. The van der Waals surface area contributed by atoms with Crippen LogP contribution in [-0.2, 0) is 9.53 Å². The van der Waals surface area contributed by atoms with Crippen LogP contribution in [0, 0.1) is 0 Å². The Kier molecular flexibility index (Phi) is 7.01. The lowest BCUT2D eigenvalue weighted by Crippen LogP contribution is -2.29. The summed E-state index contributed by atoms with van der Waals surface area (Å²) in [5.41, 5.74) is 2.26. The van der Waals surface area contributed by atoms with E-state index in [9.17, 15) is 4.79 Å². The summed E-state index contributed by atoms with van der Waals surface area (Å²) in [6.07, 6.45) is 1.09. The third-order valence-corrected chi connectivity index (χ3v) is 3.15. The molecule has 110 valence electrons. The number of methoxy groups -OCH3 is 1. The lowest BCUT2D eigenvalue weighted by atomic mass is 10.0. The summed E-state index contributed by atoms with van der Waals surface area (Å²) in [6, 6.07) is 8.20. The van der Waals surface area contributed by atoms with Gasteiger partial charge in [-0.1, -0.05) is 26.0 Å². The van der Waals surface area contributed by atoms with Crippen molar-refractivity contribution in [3.05, 3.63) is 29.8 Å². The molecule has 0 spiro atoms. The summed E-state index contributed by atoms with van der Waals surface area (Å²) < 4.78 is 4.57. The van der Waals surface area contributed by atoms with Crippen molar-refractivity contribution in [1.82, 2.24) is 5.32 Å². The molecule has 0 saturated heterocycles. The van der Waals surface area contributed by atoms with Crippen LogP contribution in [0.5, 0.6) is 0 Å². The molecular weight excluding hydrogens is 272 g/mol. The van der Waals surface area contributed by atoms with Gasteiger partial charge in [-0.15, -0.1) is 0 Å². The van der Waals surface area contributed by atoms with E-state index >= 15 is 0 Å². The van der Waals surface area contributed by atoms with Gasteiger partial charge in [-0.05, 0) is 42.3 Å². The predicted octanol–water partition coefficient (Wildman–Crippen LogP) is 3.05. The number of ether oxygens (including phenoxy) is 1. The Hall–Kier alpha value is -1.62. The topological polar surface area (TPSA) is 50.4 Å². The molecule has 0 aliphatic heterocycles. The molecular formula is C15H22N2O2S. The van der Waals surface area contributed by atoms with E-state index in [4.69, 9.17) is 12.2 Å². The Bertz CT molecular complexity index is 444. The van der Waals surface area contributed by atoms with Gasteiger partial charge in [-0.2, -0.15) is 0 Å². The van der Waals surface area contributed by atoms with Crippen molar-refractivity contribution in [3.63, 3.8) is 0 Å². The molecule has 0 saturated carbocycles. The van der Waals surface area contributed by atoms with Crippen molar-refractivity contribution >= 4 is 29.0 Å². The molecule has 1 aromatic carbocycles. The molecule has 0 atom stereocenters. The van der Waals surface area contributed by atoms with E-state index in [1.54, 1.807) is 0 Å². The molecule has 0 fully saturated rings. The van der Waals surface area contributed by atoms with Gasteiger partial charge in [0.25, 0.3) is 0 Å². The number of hydrogen-bond donors (Lipinski definition) is 2. The summed E-state index contributed by atoms with van der Waals surface area (Å²) in [4.78, 5) is 10.9. The SMILES string of the molecule is COC(=O)CCCNC(=S)Nc1ccc(C(C)C)cc1. The predicted molar refractivity (Wildman–Crippen MR) is 86.0 cm³/mol. The Balaban J connectivity index is 2.30. The average Bonchev–Trinajstić information content (AvgIpc) is 2.43. The van der Waals surface area contributed by atoms with Crippen LogP contribution in [0.4, 0.5) is 5.69 Å². The average molecular weight is 294 g/mol. The van der Waals surface area contributed by atoms with Crippen molar-refractivity contribution < 1.29 is 9.53 Å². The monoisotopic (exact) mass is 294 g/mol. The van der Waals surface area contributed by atoms with Gasteiger partial charge in [0.1, 0.15) is 0 Å². The maximum absolute atomic E-state index is 10.9.